The Bertz CT molecular complexity index is 786. The monoisotopic (exact) mass is 352 g/mol. The van der Waals surface area contributed by atoms with E-state index in [1.807, 2.05) is 4.90 Å². The van der Waals surface area contributed by atoms with Crippen LogP contribution in [0, 0.1) is 0 Å². The molecule has 2 heterocycles. The number of hydrogen-bond donors (Lipinski definition) is 2. The zero-order chi connectivity index (χ0) is 17.3. The molecule has 1 fully saturated rings. The molecule has 2 N–H and O–H groups in total. The average molecular weight is 353 g/mol. The summed E-state index contributed by atoms with van der Waals surface area (Å²) >= 11 is 6.06. The first-order chi connectivity index (χ1) is 11.5. The van der Waals surface area contributed by atoms with E-state index < -0.39 is 6.09 Å². The number of halogens is 1. The first-order valence-electron chi connectivity index (χ1n) is 7.35. The maximum atomic E-state index is 10.8. The van der Waals surface area contributed by atoms with Crippen molar-refractivity contribution in [3.63, 3.8) is 0 Å². The average Bonchev–Trinajstić information content (AvgIpc) is 3.00. The Kier molecular flexibility index (Phi) is 4.48. The minimum atomic E-state index is -1.03. The molecule has 3 rings (SSSR count). The van der Waals surface area contributed by atoms with Crippen molar-refractivity contribution in [1.82, 2.24) is 15.3 Å². The molecule has 1 aliphatic heterocycles. The van der Waals surface area contributed by atoms with Gasteiger partial charge in [-0.25, -0.2) is 9.78 Å². The Balaban J connectivity index is 2.02. The molecule has 1 unspecified atom stereocenters. The predicted octanol–water partition coefficient (Wildman–Crippen LogP) is 2.15. The summed E-state index contributed by atoms with van der Waals surface area (Å²) in [5.41, 5.74) is 0.636. The van der Waals surface area contributed by atoms with Gasteiger partial charge in [0, 0.05) is 24.5 Å². The molecule has 1 saturated heterocycles. The minimum Gasteiger partial charge on any atom is -0.493 e. The second-order valence-electron chi connectivity index (χ2n) is 5.42. The van der Waals surface area contributed by atoms with Crippen molar-refractivity contribution in [2.45, 2.75) is 12.5 Å². The summed E-state index contributed by atoms with van der Waals surface area (Å²) in [6.45, 7) is 1.19. The quantitative estimate of drug-likeness (QED) is 0.813. The maximum absolute atomic E-state index is 10.8. The van der Waals surface area contributed by atoms with E-state index in [2.05, 4.69) is 15.3 Å². The van der Waals surface area contributed by atoms with E-state index in [0.29, 0.717) is 42.3 Å². The summed E-state index contributed by atoms with van der Waals surface area (Å²) < 4.78 is 10.6. The van der Waals surface area contributed by atoms with Gasteiger partial charge in [0.1, 0.15) is 5.82 Å². The summed E-state index contributed by atoms with van der Waals surface area (Å²) in [4.78, 5) is 21.4. The number of nitrogens with one attached hydrogen (secondary N) is 1. The summed E-state index contributed by atoms with van der Waals surface area (Å²) in [6.07, 6.45) is -0.332. The van der Waals surface area contributed by atoms with Gasteiger partial charge in [-0.1, -0.05) is 0 Å². The van der Waals surface area contributed by atoms with Crippen LogP contribution in [0.1, 0.15) is 6.42 Å². The standard InChI is InChI=1S/C15H17ClN4O4/c1-23-11-5-9-10(6-12(11)24-2)18-14(16)19-13(9)20-4-3-8(7-20)17-15(21)22/h5-6,8,17H,3-4,7H2,1-2H3,(H,21,22). The number of amides is 1. The smallest absolute Gasteiger partial charge is 0.404 e. The molecule has 0 radical (unpaired) electrons. The van der Waals surface area contributed by atoms with E-state index in [1.54, 1.807) is 26.4 Å². The number of hydrogen-bond acceptors (Lipinski definition) is 6. The first-order valence-corrected chi connectivity index (χ1v) is 7.73. The third kappa shape index (κ3) is 3.09. The lowest BCUT2D eigenvalue weighted by molar-refractivity contribution is 0.191. The topological polar surface area (TPSA) is 96.8 Å². The molecule has 1 aliphatic rings. The van der Waals surface area contributed by atoms with Crippen molar-refractivity contribution in [2.24, 2.45) is 0 Å². The van der Waals surface area contributed by atoms with E-state index >= 15 is 0 Å². The van der Waals surface area contributed by atoms with Gasteiger partial charge in [-0.2, -0.15) is 4.98 Å². The van der Waals surface area contributed by atoms with Crippen LogP contribution >= 0.6 is 11.6 Å². The van der Waals surface area contributed by atoms with Gasteiger partial charge in [-0.15, -0.1) is 0 Å². The molecule has 0 spiro atoms. The number of rotatable bonds is 4. The third-order valence-electron chi connectivity index (χ3n) is 3.97. The predicted molar refractivity (Wildman–Crippen MR) is 89.4 cm³/mol. The summed E-state index contributed by atoms with van der Waals surface area (Å²) in [6, 6.07) is 3.40. The Morgan fingerprint density at radius 2 is 2.04 bits per heavy atom. The molecule has 1 amide bonds. The summed E-state index contributed by atoms with van der Waals surface area (Å²) in [5.74, 6) is 1.77. The number of ether oxygens (including phenoxy) is 2. The van der Waals surface area contributed by atoms with Crippen LogP contribution in [0.4, 0.5) is 10.6 Å². The fourth-order valence-electron chi connectivity index (χ4n) is 2.90. The van der Waals surface area contributed by atoms with Crippen molar-refractivity contribution in [3.05, 3.63) is 17.4 Å². The molecular weight excluding hydrogens is 336 g/mol. The molecule has 0 bridgehead atoms. The molecule has 2 aromatic rings. The van der Waals surface area contributed by atoms with Gasteiger partial charge in [0.05, 0.1) is 25.8 Å². The summed E-state index contributed by atoms with van der Waals surface area (Å²) in [5, 5.41) is 12.3. The number of nitrogens with zero attached hydrogens (tertiary/aromatic N) is 3. The van der Waals surface area contributed by atoms with Crippen LogP contribution in [0.2, 0.25) is 5.28 Å². The van der Waals surface area contributed by atoms with Crippen molar-refractivity contribution >= 4 is 34.4 Å². The molecule has 8 nitrogen and oxygen atoms in total. The van der Waals surface area contributed by atoms with Crippen LogP contribution in [-0.4, -0.2) is 54.5 Å². The van der Waals surface area contributed by atoms with E-state index in [1.165, 1.54) is 0 Å². The third-order valence-corrected chi connectivity index (χ3v) is 4.14. The largest absolute Gasteiger partial charge is 0.493 e. The van der Waals surface area contributed by atoms with Crippen molar-refractivity contribution in [2.75, 3.05) is 32.2 Å². The van der Waals surface area contributed by atoms with Gasteiger partial charge in [0.15, 0.2) is 11.5 Å². The number of fused-ring (bicyclic) bond motifs is 1. The Morgan fingerprint density at radius 3 is 2.71 bits per heavy atom. The highest BCUT2D eigenvalue weighted by atomic mass is 35.5. The molecule has 0 saturated carbocycles. The van der Waals surface area contributed by atoms with Crippen LogP contribution in [0.5, 0.6) is 11.5 Å². The zero-order valence-electron chi connectivity index (χ0n) is 13.2. The van der Waals surface area contributed by atoms with Crippen LogP contribution in [0.25, 0.3) is 10.9 Å². The molecule has 128 valence electrons. The lowest BCUT2D eigenvalue weighted by atomic mass is 10.2. The Labute approximate surface area is 143 Å². The lowest BCUT2D eigenvalue weighted by Gasteiger charge is -2.20. The highest BCUT2D eigenvalue weighted by Gasteiger charge is 2.27. The molecular formula is C15H17ClN4O4. The molecule has 1 atom stereocenters. The van der Waals surface area contributed by atoms with Crippen LogP contribution in [0.3, 0.4) is 0 Å². The van der Waals surface area contributed by atoms with Gasteiger partial charge in [0.25, 0.3) is 0 Å². The van der Waals surface area contributed by atoms with E-state index in [4.69, 9.17) is 26.2 Å². The second-order valence-corrected chi connectivity index (χ2v) is 5.76. The molecule has 1 aromatic heterocycles. The van der Waals surface area contributed by atoms with Gasteiger partial charge < -0.3 is 24.8 Å². The van der Waals surface area contributed by atoms with Crippen molar-refractivity contribution in [3.8, 4) is 11.5 Å². The van der Waals surface area contributed by atoms with Crippen LogP contribution < -0.4 is 19.7 Å². The number of carboxylic acid groups (broad SMARTS) is 1. The highest BCUT2D eigenvalue weighted by molar-refractivity contribution is 6.28. The Hall–Kier alpha value is -2.48. The first kappa shape index (κ1) is 16.4. The highest BCUT2D eigenvalue weighted by Crippen LogP contribution is 2.36. The van der Waals surface area contributed by atoms with Gasteiger partial charge >= 0.3 is 6.09 Å². The van der Waals surface area contributed by atoms with Crippen molar-refractivity contribution in [1.29, 1.82) is 0 Å². The Morgan fingerprint density at radius 1 is 1.33 bits per heavy atom. The number of anilines is 1. The second kappa shape index (κ2) is 6.56. The fourth-order valence-corrected chi connectivity index (χ4v) is 3.07. The van der Waals surface area contributed by atoms with Gasteiger partial charge in [-0.05, 0) is 24.1 Å². The molecule has 24 heavy (non-hydrogen) atoms. The number of aromatic nitrogens is 2. The normalized spacial score (nSPS) is 17.1. The fraction of sp³-hybridized carbons (Fsp3) is 0.400. The van der Waals surface area contributed by atoms with E-state index in [-0.39, 0.29) is 11.3 Å². The lowest BCUT2D eigenvalue weighted by Crippen LogP contribution is -2.36. The minimum absolute atomic E-state index is 0.124. The SMILES string of the molecule is COc1cc2nc(Cl)nc(N3CCC(NC(=O)O)C3)c2cc1OC. The number of carbonyl (C=O) groups is 1. The van der Waals surface area contributed by atoms with E-state index in [0.717, 1.165) is 5.39 Å². The van der Waals surface area contributed by atoms with Crippen molar-refractivity contribution < 1.29 is 19.4 Å². The molecule has 0 aliphatic carbocycles. The summed E-state index contributed by atoms with van der Waals surface area (Å²) in [7, 11) is 3.11. The van der Waals surface area contributed by atoms with Crippen LogP contribution in [-0.2, 0) is 0 Å². The number of benzene rings is 1. The van der Waals surface area contributed by atoms with Gasteiger partial charge in [0.2, 0.25) is 5.28 Å². The van der Waals surface area contributed by atoms with Gasteiger partial charge in [-0.3, -0.25) is 0 Å². The molecule has 1 aromatic carbocycles. The van der Waals surface area contributed by atoms with E-state index in [9.17, 15) is 4.79 Å². The maximum Gasteiger partial charge on any atom is 0.404 e. The zero-order valence-corrected chi connectivity index (χ0v) is 14.0. The van der Waals surface area contributed by atoms with Crippen LogP contribution in [0.15, 0.2) is 12.1 Å². The number of methoxy groups -OCH3 is 2. The molecule has 9 heteroatoms.